The smallest absolute Gasteiger partial charge is 0.342 e. The summed E-state index contributed by atoms with van der Waals surface area (Å²) in [5.74, 6) is 0.156. The minimum Gasteiger partial charge on any atom is -0.342 e. The summed E-state index contributed by atoms with van der Waals surface area (Å²) in [7, 11) is 1.80. The van der Waals surface area contributed by atoms with Gasteiger partial charge in [0.2, 0.25) is 5.91 Å². The first-order valence-corrected chi connectivity index (χ1v) is 8.42. The Labute approximate surface area is 133 Å². The van der Waals surface area contributed by atoms with E-state index >= 15 is 0 Å². The van der Waals surface area contributed by atoms with Crippen molar-refractivity contribution in [2.45, 2.75) is 49.2 Å². The van der Waals surface area contributed by atoms with Gasteiger partial charge in [-0.25, -0.2) is 0 Å². The van der Waals surface area contributed by atoms with Crippen molar-refractivity contribution in [2.75, 3.05) is 12.8 Å². The van der Waals surface area contributed by atoms with Crippen molar-refractivity contribution in [1.29, 1.82) is 0 Å². The molecule has 0 bridgehead atoms. The van der Waals surface area contributed by atoms with E-state index < -0.39 is 11.7 Å². The van der Waals surface area contributed by atoms with Gasteiger partial charge in [-0.2, -0.15) is 13.2 Å². The summed E-state index contributed by atoms with van der Waals surface area (Å²) in [6.07, 6.45) is 1.20. The van der Waals surface area contributed by atoms with E-state index in [1.54, 1.807) is 18.0 Å². The minimum absolute atomic E-state index is 0.0192. The lowest BCUT2D eigenvalue weighted by atomic mass is 9.94. The number of alkyl halides is 3. The van der Waals surface area contributed by atoms with Crippen LogP contribution in [0.1, 0.15) is 37.7 Å². The Hall–Kier alpha value is -1.17. The zero-order valence-corrected chi connectivity index (χ0v) is 13.3. The third kappa shape index (κ3) is 4.66. The van der Waals surface area contributed by atoms with Crippen molar-refractivity contribution in [2.24, 2.45) is 0 Å². The third-order valence-corrected chi connectivity index (χ3v) is 5.02. The molecule has 1 aliphatic carbocycles. The van der Waals surface area contributed by atoms with E-state index in [-0.39, 0.29) is 17.7 Å². The van der Waals surface area contributed by atoms with Crippen molar-refractivity contribution >= 4 is 17.7 Å². The van der Waals surface area contributed by atoms with Gasteiger partial charge in [-0.1, -0.05) is 25.3 Å². The number of hydrogen-bond acceptors (Lipinski definition) is 2. The highest BCUT2D eigenvalue weighted by atomic mass is 32.2. The molecule has 0 aromatic heterocycles. The maximum Gasteiger partial charge on any atom is 0.416 e. The van der Waals surface area contributed by atoms with Gasteiger partial charge in [-0.3, -0.25) is 4.79 Å². The van der Waals surface area contributed by atoms with Crippen molar-refractivity contribution in [3.8, 4) is 0 Å². The summed E-state index contributed by atoms with van der Waals surface area (Å²) >= 11 is 1.16. The number of hydrogen-bond donors (Lipinski definition) is 0. The molecule has 0 atom stereocenters. The summed E-state index contributed by atoms with van der Waals surface area (Å²) in [5, 5.41) is 0. The van der Waals surface area contributed by atoms with Crippen LogP contribution in [0, 0.1) is 0 Å². The molecule has 0 saturated heterocycles. The van der Waals surface area contributed by atoms with E-state index in [2.05, 4.69) is 0 Å². The highest BCUT2D eigenvalue weighted by Gasteiger charge is 2.30. The molecular weight excluding hydrogens is 311 g/mol. The number of carbonyl (C=O) groups is 1. The van der Waals surface area contributed by atoms with Crippen LogP contribution in [0.2, 0.25) is 0 Å². The lowest BCUT2D eigenvalue weighted by molar-refractivity contribution is -0.137. The van der Waals surface area contributed by atoms with Gasteiger partial charge in [-0.05, 0) is 31.0 Å². The molecule has 122 valence electrons. The molecule has 0 spiro atoms. The maximum absolute atomic E-state index is 12.7. The standard InChI is InChI=1S/C16H20F3NOS/c1-20(13-7-3-2-4-8-13)15(21)11-22-14-9-5-6-12(10-14)16(17,18)19/h5-6,9-10,13H,2-4,7-8,11H2,1H3. The first-order valence-electron chi connectivity index (χ1n) is 7.43. The Kier molecular flexibility index (Phi) is 5.78. The SMILES string of the molecule is CN(C(=O)CSc1cccc(C(F)(F)F)c1)C1CCCCC1. The summed E-state index contributed by atoms with van der Waals surface area (Å²) in [6, 6.07) is 5.40. The number of thioether (sulfide) groups is 1. The average Bonchev–Trinajstić information content (AvgIpc) is 2.52. The molecule has 1 aromatic rings. The molecule has 1 amide bonds. The zero-order chi connectivity index (χ0) is 16.2. The largest absolute Gasteiger partial charge is 0.416 e. The van der Waals surface area contributed by atoms with Gasteiger partial charge in [0.15, 0.2) is 0 Å². The van der Waals surface area contributed by atoms with E-state index in [9.17, 15) is 18.0 Å². The summed E-state index contributed by atoms with van der Waals surface area (Å²) in [5.41, 5.74) is -0.675. The Balaban J connectivity index is 1.90. The zero-order valence-electron chi connectivity index (χ0n) is 12.5. The lowest BCUT2D eigenvalue weighted by Crippen LogP contribution is -2.39. The quantitative estimate of drug-likeness (QED) is 0.752. The molecule has 6 heteroatoms. The van der Waals surface area contributed by atoms with Gasteiger partial charge in [0, 0.05) is 18.0 Å². The van der Waals surface area contributed by atoms with E-state index in [1.165, 1.54) is 12.5 Å². The Morgan fingerprint density at radius 3 is 2.59 bits per heavy atom. The van der Waals surface area contributed by atoms with Crippen LogP contribution >= 0.6 is 11.8 Å². The van der Waals surface area contributed by atoms with Crippen LogP contribution in [0.15, 0.2) is 29.2 Å². The number of amides is 1. The van der Waals surface area contributed by atoms with Gasteiger partial charge in [0.05, 0.1) is 11.3 Å². The fourth-order valence-electron chi connectivity index (χ4n) is 2.68. The molecule has 1 aromatic carbocycles. The molecule has 1 fully saturated rings. The molecule has 0 aliphatic heterocycles. The van der Waals surface area contributed by atoms with E-state index in [1.807, 2.05) is 0 Å². The summed E-state index contributed by atoms with van der Waals surface area (Å²) in [4.78, 5) is 14.4. The van der Waals surface area contributed by atoms with E-state index in [0.29, 0.717) is 4.90 Å². The maximum atomic E-state index is 12.7. The van der Waals surface area contributed by atoms with Crippen LogP contribution in [-0.2, 0) is 11.0 Å². The molecule has 0 heterocycles. The van der Waals surface area contributed by atoms with Gasteiger partial charge in [0.25, 0.3) is 0 Å². The fourth-order valence-corrected chi connectivity index (χ4v) is 3.56. The van der Waals surface area contributed by atoms with Crippen LogP contribution in [0.25, 0.3) is 0 Å². The Morgan fingerprint density at radius 1 is 1.27 bits per heavy atom. The summed E-state index contributed by atoms with van der Waals surface area (Å²) in [6.45, 7) is 0. The van der Waals surface area contributed by atoms with Gasteiger partial charge >= 0.3 is 6.18 Å². The fraction of sp³-hybridized carbons (Fsp3) is 0.562. The van der Waals surface area contributed by atoms with Crippen LogP contribution in [0.5, 0.6) is 0 Å². The van der Waals surface area contributed by atoms with Crippen LogP contribution in [0.3, 0.4) is 0 Å². The number of carbonyl (C=O) groups excluding carboxylic acids is 1. The topological polar surface area (TPSA) is 20.3 Å². The van der Waals surface area contributed by atoms with E-state index in [4.69, 9.17) is 0 Å². The van der Waals surface area contributed by atoms with Crippen LogP contribution in [0.4, 0.5) is 13.2 Å². The number of halogens is 3. The number of rotatable bonds is 4. The molecule has 1 saturated carbocycles. The molecule has 0 radical (unpaired) electrons. The summed E-state index contributed by atoms with van der Waals surface area (Å²) < 4.78 is 38.0. The van der Waals surface area contributed by atoms with Crippen molar-refractivity contribution in [3.05, 3.63) is 29.8 Å². The first kappa shape index (κ1) is 17.2. The minimum atomic E-state index is -4.35. The average molecular weight is 331 g/mol. The predicted octanol–water partition coefficient (Wildman–Crippen LogP) is 4.59. The predicted molar refractivity (Wildman–Crippen MR) is 81.8 cm³/mol. The Morgan fingerprint density at radius 2 is 1.95 bits per heavy atom. The molecule has 22 heavy (non-hydrogen) atoms. The van der Waals surface area contributed by atoms with Crippen LogP contribution < -0.4 is 0 Å². The third-order valence-electron chi connectivity index (χ3n) is 4.04. The molecule has 0 unspecified atom stereocenters. The molecule has 1 aliphatic rings. The van der Waals surface area contributed by atoms with Crippen LogP contribution in [-0.4, -0.2) is 29.6 Å². The molecule has 0 N–H and O–H groups in total. The second-order valence-corrected chi connectivity index (χ2v) is 6.66. The van der Waals surface area contributed by atoms with E-state index in [0.717, 1.165) is 49.6 Å². The van der Waals surface area contributed by atoms with Crippen molar-refractivity contribution < 1.29 is 18.0 Å². The second kappa shape index (κ2) is 7.40. The second-order valence-electron chi connectivity index (χ2n) is 5.61. The highest BCUT2D eigenvalue weighted by molar-refractivity contribution is 8.00. The lowest BCUT2D eigenvalue weighted by Gasteiger charge is -2.31. The highest BCUT2D eigenvalue weighted by Crippen LogP contribution is 2.32. The normalized spacial score (nSPS) is 16.5. The molecule has 2 nitrogen and oxygen atoms in total. The Bertz CT molecular complexity index is 512. The first-order chi connectivity index (χ1) is 10.4. The van der Waals surface area contributed by atoms with Gasteiger partial charge < -0.3 is 4.90 Å². The number of benzene rings is 1. The monoisotopic (exact) mass is 331 g/mol. The van der Waals surface area contributed by atoms with Gasteiger partial charge in [-0.15, -0.1) is 11.8 Å². The molecular formula is C16H20F3NOS. The molecule has 2 rings (SSSR count). The van der Waals surface area contributed by atoms with Gasteiger partial charge in [0.1, 0.15) is 0 Å². The van der Waals surface area contributed by atoms with Crippen molar-refractivity contribution in [3.63, 3.8) is 0 Å². The number of nitrogens with zero attached hydrogens (tertiary/aromatic N) is 1. The van der Waals surface area contributed by atoms with Crippen molar-refractivity contribution in [1.82, 2.24) is 4.90 Å².